The zero-order chi connectivity index (χ0) is 17.6. The number of rotatable bonds is 7. The van der Waals surface area contributed by atoms with Crippen LogP contribution in [0, 0.1) is 0 Å². The van der Waals surface area contributed by atoms with E-state index in [-0.39, 0.29) is 4.90 Å². The lowest BCUT2D eigenvalue weighted by atomic mass is 10.2. The van der Waals surface area contributed by atoms with Crippen molar-refractivity contribution in [3.05, 3.63) is 24.3 Å². The van der Waals surface area contributed by atoms with Gasteiger partial charge in [-0.15, -0.1) is 0 Å². The van der Waals surface area contributed by atoms with Crippen molar-refractivity contribution in [2.24, 2.45) is 5.73 Å². The molecule has 9 heteroatoms. The summed E-state index contributed by atoms with van der Waals surface area (Å²) in [6.07, 6.45) is 0. The molecule has 0 spiro atoms. The summed E-state index contributed by atoms with van der Waals surface area (Å²) >= 11 is 0. The van der Waals surface area contributed by atoms with Gasteiger partial charge in [0, 0.05) is 18.8 Å². The number of nitrogens with two attached hydrogens (primary N) is 1. The number of hydrogen-bond donors (Lipinski definition) is 3. The summed E-state index contributed by atoms with van der Waals surface area (Å²) < 4.78 is 26.0. The minimum absolute atomic E-state index is 0.155. The summed E-state index contributed by atoms with van der Waals surface area (Å²) in [4.78, 5) is 22.7. The highest BCUT2D eigenvalue weighted by Gasteiger charge is 2.21. The highest BCUT2D eigenvalue weighted by Crippen LogP contribution is 2.18. The van der Waals surface area contributed by atoms with Crippen LogP contribution >= 0.6 is 0 Å². The molecule has 0 fully saturated rings. The van der Waals surface area contributed by atoms with Crippen LogP contribution in [0.5, 0.6) is 0 Å². The second-order valence-corrected chi connectivity index (χ2v) is 6.77. The normalized spacial score (nSPS) is 12.7. The van der Waals surface area contributed by atoms with Crippen molar-refractivity contribution in [2.45, 2.75) is 31.7 Å². The molecule has 0 saturated carbocycles. The van der Waals surface area contributed by atoms with Gasteiger partial charge in [0.2, 0.25) is 15.9 Å². The molecule has 1 aromatic carbocycles. The van der Waals surface area contributed by atoms with Gasteiger partial charge in [-0.25, -0.2) is 13.2 Å². The van der Waals surface area contributed by atoms with Crippen LogP contribution in [-0.4, -0.2) is 43.8 Å². The van der Waals surface area contributed by atoms with Crippen molar-refractivity contribution in [3.8, 4) is 0 Å². The van der Waals surface area contributed by atoms with E-state index in [1.165, 1.54) is 35.5 Å². The quantitative estimate of drug-likeness (QED) is 0.675. The molecule has 0 bridgehead atoms. The number of urea groups is 1. The van der Waals surface area contributed by atoms with E-state index in [1.807, 2.05) is 0 Å². The fourth-order valence-electron chi connectivity index (χ4n) is 1.95. The average Bonchev–Trinajstić information content (AvgIpc) is 2.48. The predicted molar refractivity (Wildman–Crippen MR) is 87.4 cm³/mol. The zero-order valence-electron chi connectivity index (χ0n) is 13.4. The standard InChI is InChI=1S/C14H22N4O4S/c1-4-18(5-2)23(21,22)12-8-6-11(7-9-12)17-13(19)10(3)16-14(15)20/h6-10H,4-5H2,1-3H3,(H,17,19)(H3,15,16,20)/t10-/m0/s1. The summed E-state index contributed by atoms with van der Waals surface area (Å²) in [7, 11) is -3.53. The number of amides is 3. The summed E-state index contributed by atoms with van der Waals surface area (Å²) in [6, 6.07) is 4.24. The van der Waals surface area contributed by atoms with Crippen LogP contribution in [0.2, 0.25) is 0 Å². The molecule has 0 aliphatic rings. The van der Waals surface area contributed by atoms with Crippen LogP contribution in [0.1, 0.15) is 20.8 Å². The molecule has 0 radical (unpaired) electrons. The van der Waals surface area contributed by atoms with Gasteiger partial charge in [0.25, 0.3) is 0 Å². The minimum atomic E-state index is -3.53. The Morgan fingerprint density at radius 2 is 1.70 bits per heavy atom. The number of nitrogens with zero attached hydrogens (tertiary/aromatic N) is 1. The molecule has 128 valence electrons. The van der Waals surface area contributed by atoms with Gasteiger partial charge in [-0.05, 0) is 31.2 Å². The van der Waals surface area contributed by atoms with E-state index in [0.717, 1.165) is 0 Å². The van der Waals surface area contributed by atoms with Crippen LogP contribution in [0.15, 0.2) is 29.2 Å². The van der Waals surface area contributed by atoms with Crippen LogP contribution in [-0.2, 0) is 14.8 Å². The van der Waals surface area contributed by atoms with E-state index < -0.39 is 28.0 Å². The molecule has 23 heavy (non-hydrogen) atoms. The monoisotopic (exact) mass is 342 g/mol. The van der Waals surface area contributed by atoms with Gasteiger partial charge in [-0.1, -0.05) is 13.8 Å². The maximum atomic E-state index is 12.3. The van der Waals surface area contributed by atoms with Crippen molar-refractivity contribution in [1.29, 1.82) is 0 Å². The number of nitrogens with one attached hydrogen (secondary N) is 2. The number of carbonyl (C=O) groups is 2. The Morgan fingerprint density at radius 1 is 1.17 bits per heavy atom. The van der Waals surface area contributed by atoms with Crippen molar-refractivity contribution in [2.75, 3.05) is 18.4 Å². The van der Waals surface area contributed by atoms with Crippen LogP contribution in [0.3, 0.4) is 0 Å². The smallest absolute Gasteiger partial charge is 0.312 e. The maximum Gasteiger partial charge on any atom is 0.312 e. The van der Waals surface area contributed by atoms with Crippen LogP contribution in [0.25, 0.3) is 0 Å². The summed E-state index contributed by atoms with van der Waals surface area (Å²) in [5, 5.41) is 4.82. The Labute approximate surface area is 136 Å². The predicted octanol–water partition coefficient (Wildman–Crippen LogP) is 0.712. The van der Waals surface area contributed by atoms with E-state index in [0.29, 0.717) is 18.8 Å². The van der Waals surface area contributed by atoms with E-state index >= 15 is 0 Å². The lowest BCUT2D eigenvalue weighted by Crippen LogP contribution is -2.44. The van der Waals surface area contributed by atoms with E-state index in [9.17, 15) is 18.0 Å². The Hall–Kier alpha value is -2.13. The molecule has 0 unspecified atom stereocenters. The lowest BCUT2D eigenvalue weighted by Gasteiger charge is -2.18. The number of carbonyl (C=O) groups excluding carboxylic acids is 2. The second-order valence-electron chi connectivity index (χ2n) is 4.83. The summed E-state index contributed by atoms with van der Waals surface area (Å²) in [5.74, 6) is -0.455. The van der Waals surface area contributed by atoms with Crippen LogP contribution in [0.4, 0.5) is 10.5 Å². The number of sulfonamides is 1. The average molecular weight is 342 g/mol. The first-order valence-corrected chi connectivity index (χ1v) is 8.63. The molecule has 0 aliphatic heterocycles. The van der Waals surface area contributed by atoms with Gasteiger partial charge in [0.1, 0.15) is 6.04 Å². The van der Waals surface area contributed by atoms with E-state index in [2.05, 4.69) is 10.6 Å². The van der Waals surface area contributed by atoms with Crippen molar-refractivity contribution >= 4 is 27.6 Å². The molecular formula is C14H22N4O4S. The van der Waals surface area contributed by atoms with E-state index in [1.54, 1.807) is 13.8 Å². The molecule has 1 rings (SSSR count). The maximum absolute atomic E-state index is 12.3. The van der Waals surface area contributed by atoms with Crippen LogP contribution < -0.4 is 16.4 Å². The Balaban J connectivity index is 2.85. The topological polar surface area (TPSA) is 122 Å². The SMILES string of the molecule is CCN(CC)S(=O)(=O)c1ccc(NC(=O)[C@H](C)NC(N)=O)cc1. The number of anilines is 1. The number of hydrogen-bond acceptors (Lipinski definition) is 4. The Kier molecular flexibility index (Phi) is 6.52. The molecular weight excluding hydrogens is 320 g/mol. The Bertz CT molecular complexity index is 654. The van der Waals surface area contributed by atoms with Gasteiger partial charge in [-0.2, -0.15) is 4.31 Å². The highest BCUT2D eigenvalue weighted by atomic mass is 32.2. The molecule has 0 aromatic heterocycles. The van der Waals surface area contributed by atoms with Crippen molar-refractivity contribution in [3.63, 3.8) is 0 Å². The fraction of sp³-hybridized carbons (Fsp3) is 0.429. The van der Waals surface area contributed by atoms with Gasteiger partial charge in [0.15, 0.2) is 0 Å². The van der Waals surface area contributed by atoms with Gasteiger partial charge >= 0.3 is 6.03 Å². The molecule has 0 heterocycles. The lowest BCUT2D eigenvalue weighted by molar-refractivity contribution is -0.117. The van der Waals surface area contributed by atoms with Gasteiger partial charge in [0.05, 0.1) is 4.90 Å². The van der Waals surface area contributed by atoms with E-state index in [4.69, 9.17) is 5.73 Å². The van der Waals surface area contributed by atoms with Crippen molar-refractivity contribution in [1.82, 2.24) is 9.62 Å². The molecule has 0 saturated heterocycles. The molecule has 1 atom stereocenters. The summed E-state index contributed by atoms with van der Waals surface area (Å²) in [5.41, 5.74) is 5.37. The molecule has 1 aromatic rings. The third-order valence-electron chi connectivity index (χ3n) is 3.22. The fourth-order valence-corrected chi connectivity index (χ4v) is 3.41. The molecule has 4 N–H and O–H groups in total. The second kappa shape index (κ2) is 7.93. The third kappa shape index (κ3) is 4.93. The molecule has 8 nitrogen and oxygen atoms in total. The molecule has 0 aliphatic carbocycles. The Morgan fingerprint density at radius 3 is 2.13 bits per heavy atom. The zero-order valence-corrected chi connectivity index (χ0v) is 14.2. The third-order valence-corrected chi connectivity index (χ3v) is 5.28. The highest BCUT2D eigenvalue weighted by molar-refractivity contribution is 7.89. The number of primary amides is 1. The minimum Gasteiger partial charge on any atom is -0.352 e. The van der Waals surface area contributed by atoms with Crippen molar-refractivity contribution < 1.29 is 18.0 Å². The first-order valence-electron chi connectivity index (χ1n) is 7.19. The first-order chi connectivity index (χ1) is 10.7. The summed E-state index contributed by atoms with van der Waals surface area (Å²) in [6.45, 7) is 5.78. The first kappa shape index (κ1) is 18.9. The largest absolute Gasteiger partial charge is 0.352 e. The molecule has 3 amide bonds. The van der Waals surface area contributed by atoms with Gasteiger partial charge in [-0.3, -0.25) is 4.79 Å². The number of benzene rings is 1. The van der Waals surface area contributed by atoms with Gasteiger partial charge < -0.3 is 16.4 Å².